The van der Waals surface area contributed by atoms with E-state index >= 15 is 0 Å². The number of carbonyl (C=O) groups is 1. The summed E-state index contributed by atoms with van der Waals surface area (Å²) in [5.74, 6) is 0.342. The molecule has 0 spiro atoms. The van der Waals surface area contributed by atoms with Gasteiger partial charge in [-0.05, 0) is 24.5 Å². The van der Waals surface area contributed by atoms with Crippen LogP contribution in [0.4, 0.5) is 0 Å². The van der Waals surface area contributed by atoms with Gasteiger partial charge >= 0.3 is 0 Å². The minimum atomic E-state index is -0.0483. The highest BCUT2D eigenvalue weighted by molar-refractivity contribution is 8.01. The number of rotatable bonds is 7. The van der Waals surface area contributed by atoms with Crippen LogP contribution in [0.5, 0.6) is 0 Å². The van der Waals surface area contributed by atoms with Crippen LogP contribution in [0.25, 0.3) is 0 Å². The number of carbonyl (C=O) groups excluding carboxylic acids is 1. The van der Waals surface area contributed by atoms with E-state index in [1.165, 1.54) is 28.7 Å². The van der Waals surface area contributed by atoms with Crippen LogP contribution < -0.4 is 5.32 Å². The van der Waals surface area contributed by atoms with Crippen LogP contribution in [0.1, 0.15) is 22.2 Å². The first kappa shape index (κ1) is 17.6. The number of hydrogen-bond acceptors (Lipinski definition) is 5. The summed E-state index contributed by atoms with van der Waals surface area (Å²) in [6.45, 7) is 1.91. The van der Waals surface area contributed by atoms with Crippen molar-refractivity contribution in [3.8, 4) is 0 Å². The van der Waals surface area contributed by atoms with Gasteiger partial charge in [0, 0.05) is 0 Å². The van der Waals surface area contributed by atoms with Crippen molar-refractivity contribution in [3.63, 3.8) is 0 Å². The topological polar surface area (TPSA) is 54.9 Å². The number of aromatic nitrogens is 2. The average Bonchev–Trinajstić information content (AvgIpc) is 3.06. The van der Waals surface area contributed by atoms with Crippen LogP contribution in [0.15, 0.2) is 65.0 Å². The summed E-state index contributed by atoms with van der Waals surface area (Å²) in [5.41, 5.74) is 2.31. The van der Waals surface area contributed by atoms with Crippen LogP contribution in [0.3, 0.4) is 0 Å². The maximum atomic E-state index is 12.4. The number of nitrogens with zero attached hydrogens (tertiary/aromatic N) is 2. The van der Waals surface area contributed by atoms with Gasteiger partial charge in [0.05, 0.1) is 11.8 Å². The van der Waals surface area contributed by atoms with E-state index in [0.717, 1.165) is 21.3 Å². The second-order valence-electron chi connectivity index (χ2n) is 5.60. The molecule has 3 aromatic rings. The summed E-state index contributed by atoms with van der Waals surface area (Å²) in [6, 6.07) is 20.2. The number of hydrogen-bond donors (Lipinski definition) is 1. The zero-order chi connectivity index (χ0) is 17.5. The van der Waals surface area contributed by atoms with E-state index < -0.39 is 0 Å². The lowest BCUT2D eigenvalue weighted by molar-refractivity contribution is -0.119. The Morgan fingerprint density at radius 1 is 1.08 bits per heavy atom. The Labute approximate surface area is 155 Å². The molecule has 0 fully saturated rings. The molecule has 128 valence electrons. The first-order valence-corrected chi connectivity index (χ1v) is 9.82. The number of thioether (sulfide) groups is 1. The fourth-order valence-corrected chi connectivity index (χ4v) is 4.11. The van der Waals surface area contributed by atoms with Gasteiger partial charge in [-0.15, -0.1) is 10.2 Å². The summed E-state index contributed by atoms with van der Waals surface area (Å²) in [4.78, 5) is 12.4. The molecule has 0 unspecified atom stereocenters. The Morgan fingerprint density at radius 3 is 2.40 bits per heavy atom. The molecule has 0 aliphatic rings. The van der Waals surface area contributed by atoms with E-state index in [0.29, 0.717) is 5.75 Å². The van der Waals surface area contributed by atoms with Gasteiger partial charge in [-0.1, -0.05) is 83.8 Å². The highest BCUT2D eigenvalue weighted by Gasteiger charge is 2.16. The molecule has 0 bridgehead atoms. The van der Waals surface area contributed by atoms with Gasteiger partial charge in [0.25, 0.3) is 0 Å². The maximum Gasteiger partial charge on any atom is 0.230 e. The largest absolute Gasteiger partial charge is 0.348 e. The monoisotopic (exact) mass is 369 g/mol. The predicted molar refractivity (Wildman–Crippen MR) is 103 cm³/mol. The molecule has 0 aliphatic carbocycles. The first-order valence-electron chi connectivity index (χ1n) is 8.02. The van der Waals surface area contributed by atoms with Crippen molar-refractivity contribution >= 4 is 29.0 Å². The first-order chi connectivity index (χ1) is 12.2. The predicted octanol–water partition coefficient (Wildman–Crippen LogP) is 4.04. The van der Waals surface area contributed by atoms with Gasteiger partial charge in [-0.3, -0.25) is 4.79 Å². The van der Waals surface area contributed by atoms with Crippen LogP contribution in [-0.4, -0.2) is 21.9 Å². The van der Waals surface area contributed by atoms with Crippen molar-refractivity contribution in [1.29, 1.82) is 0 Å². The van der Waals surface area contributed by atoms with Crippen molar-refractivity contribution in [2.75, 3.05) is 5.75 Å². The molecule has 3 rings (SSSR count). The second-order valence-corrected chi connectivity index (χ2v) is 8.00. The van der Waals surface area contributed by atoms with E-state index in [1.54, 1.807) is 0 Å². The van der Waals surface area contributed by atoms with Crippen LogP contribution >= 0.6 is 23.1 Å². The second kappa shape index (κ2) is 8.78. The Bertz CT molecular complexity index is 806. The minimum Gasteiger partial charge on any atom is -0.348 e. The third kappa shape index (κ3) is 5.41. The molecule has 0 radical (unpaired) electrons. The Kier molecular flexibility index (Phi) is 6.19. The molecular formula is C19H19N3OS2. The molecule has 0 aliphatic heterocycles. The van der Waals surface area contributed by atoms with Crippen LogP contribution in [-0.2, 0) is 11.2 Å². The third-order valence-electron chi connectivity index (χ3n) is 3.65. The molecule has 1 heterocycles. The highest BCUT2D eigenvalue weighted by Crippen LogP contribution is 2.23. The lowest BCUT2D eigenvalue weighted by Crippen LogP contribution is -2.31. The van der Waals surface area contributed by atoms with E-state index in [-0.39, 0.29) is 11.9 Å². The molecule has 0 saturated heterocycles. The fraction of sp³-hybridized carbons (Fsp3) is 0.211. The van der Waals surface area contributed by atoms with Gasteiger partial charge in [0.1, 0.15) is 5.01 Å². The van der Waals surface area contributed by atoms with Crippen LogP contribution in [0.2, 0.25) is 0 Å². The molecule has 4 nitrogen and oxygen atoms in total. The Balaban J connectivity index is 1.65. The summed E-state index contributed by atoms with van der Waals surface area (Å²) in [5, 5.41) is 12.1. The molecule has 1 amide bonds. The summed E-state index contributed by atoms with van der Waals surface area (Å²) >= 11 is 2.93. The van der Waals surface area contributed by atoms with Crippen molar-refractivity contribution in [2.45, 2.75) is 23.7 Å². The van der Waals surface area contributed by atoms with E-state index in [9.17, 15) is 4.79 Å². The summed E-state index contributed by atoms with van der Waals surface area (Å²) in [6.07, 6.45) is 0.763. The van der Waals surface area contributed by atoms with E-state index in [1.807, 2.05) is 43.3 Å². The molecule has 0 saturated carbocycles. The van der Waals surface area contributed by atoms with Crippen molar-refractivity contribution in [2.24, 2.45) is 0 Å². The number of amides is 1. The van der Waals surface area contributed by atoms with E-state index in [4.69, 9.17) is 0 Å². The minimum absolute atomic E-state index is 0.00244. The fourth-order valence-electron chi connectivity index (χ4n) is 2.49. The zero-order valence-corrected chi connectivity index (χ0v) is 15.5. The molecule has 2 aromatic carbocycles. The lowest BCUT2D eigenvalue weighted by atomic mass is 9.99. The quantitative estimate of drug-likeness (QED) is 0.639. The zero-order valence-electron chi connectivity index (χ0n) is 13.9. The third-order valence-corrected chi connectivity index (χ3v) is 5.63. The number of benzene rings is 2. The molecule has 25 heavy (non-hydrogen) atoms. The van der Waals surface area contributed by atoms with Gasteiger partial charge in [0.15, 0.2) is 4.34 Å². The average molecular weight is 370 g/mol. The van der Waals surface area contributed by atoms with E-state index in [2.05, 4.69) is 39.8 Å². The SMILES string of the molecule is Cc1nnc(SCC(=O)N[C@@H](Cc2ccccc2)c2ccccc2)s1. The standard InChI is InChI=1S/C19H19N3OS2/c1-14-21-22-19(25-14)24-13-18(23)20-17(16-10-6-3-7-11-16)12-15-8-4-2-5-9-15/h2-11,17H,12-13H2,1H3,(H,20,23)/t17-/m0/s1. The lowest BCUT2D eigenvalue weighted by Gasteiger charge is -2.19. The normalized spacial score (nSPS) is 11.9. The number of nitrogens with one attached hydrogen (secondary N) is 1. The molecule has 1 aromatic heterocycles. The van der Waals surface area contributed by atoms with Gasteiger partial charge in [0.2, 0.25) is 5.91 Å². The smallest absolute Gasteiger partial charge is 0.230 e. The molecule has 1 atom stereocenters. The van der Waals surface area contributed by atoms with Gasteiger partial charge < -0.3 is 5.32 Å². The number of aryl methyl sites for hydroxylation is 1. The molecule has 6 heteroatoms. The Hall–Kier alpha value is -2.18. The molecular weight excluding hydrogens is 350 g/mol. The van der Waals surface area contributed by atoms with Crippen molar-refractivity contribution < 1.29 is 4.79 Å². The maximum absolute atomic E-state index is 12.4. The Morgan fingerprint density at radius 2 is 1.76 bits per heavy atom. The van der Waals surface area contributed by atoms with Crippen LogP contribution in [0, 0.1) is 6.92 Å². The van der Waals surface area contributed by atoms with Crippen molar-refractivity contribution in [3.05, 3.63) is 76.8 Å². The summed E-state index contributed by atoms with van der Waals surface area (Å²) in [7, 11) is 0. The van der Waals surface area contributed by atoms with Gasteiger partial charge in [-0.2, -0.15) is 0 Å². The summed E-state index contributed by atoms with van der Waals surface area (Å²) < 4.78 is 0.826. The van der Waals surface area contributed by atoms with Crippen molar-refractivity contribution in [1.82, 2.24) is 15.5 Å². The van der Waals surface area contributed by atoms with Gasteiger partial charge in [-0.25, -0.2) is 0 Å². The highest BCUT2D eigenvalue weighted by atomic mass is 32.2. The molecule has 1 N–H and O–H groups in total.